The third kappa shape index (κ3) is 2.05. The first kappa shape index (κ1) is 13.0. The van der Waals surface area contributed by atoms with Gasteiger partial charge in [0.2, 0.25) is 0 Å². The van der Waals surface area contributed by atoms with Crippen LogP contribution in [-0.2, 0) is 0 Å². The molecule has 1 aromatic carbocycles. The predicted octanol–water partition coefficient (Wildman–Crippen LogP) is 3.30. The van der Waals surface area contributed by atoms with Crippen LogP contribution in [0.2, 0.25) is 5.15 Å². The fourth-order valence-corrected chi connectivity index (χ4v) is 2.40. The van der Waals surface area contributed by atoms with Gasteiger partial charge in [-0.15, -0.1) is 0 Å². The van der Waals surface area contributed by atoms with Crippen LogP contribution in [0.15, 0.2) is 51.8 Å². The number of aromatic nitrogens is 3. The summed E-state index contributed by atoms with van der Waals surface area (Å²) in [7, 11) is 0. The first-order valence-corrected chi connectivity index (χ1v) is 6.74. The van der Waals surface area contributed by atoms with Gasteiger partial charge in [-0.3, -0.25) is 0 Å². The Bertz CT molecular complexity index is 1090. The number of benzene rings is 1. The lowest BCUT2D eigenvalue weighted by Crippen LogP contribution is -2.02. The van der Waals surface area contributed by atoms with Crippen LogP contribution in [0.1, 0.15) is 0 Å². The second-order valence-corrected chi connectivity index (χ2v) is 5.10. The van der Waals surface area contributed by atoms with Gasteiger partial charge < -0.3 is 4.42 Å². The van der Waals surface area contributed by atoms with Crippen molar-refractivity contribution >= 4 is 28.2 Å². The molecule has 0 N–H and O–H groups in total. The topological polar surface area (TPSA) is 60.4 Å². The van der Waals surface area contributed by atoms with Gasteiger partial charge in [-0.1, -0.05) is 11.6 Å². The van der Waals surface area contributed by atoms with Crippen LogP contribution < -0.4 is 5.63 Å². The number of hydrogen-bond donors (Lipinski definition) is 0. The molecule has 4 rings (SSSR count). The van der Waals surface area contributed by atoms with Gasteiger partial charge in [0.05, 0.1) is 17.5 Å². The van der Waals surface area contributed by atoms with E-state index in [0.717, 1.165) is 0 Å². The highest BCUT2D eigenvalue weighted by atomic mass is 35.5. The van der Waals surface area contributed by atoms with Crippen molar-refractivity contribution in [3.8, 4) is 11.3 Å². The second-order valence-electron chi connectivity index (χ2n) is 4.71. The summed E-state index contributed by atoms with van der Waals surface area (Å²) >= 11 is 5.82. The lowest BCUT2D eigenvalue weighted by Gasteiger charge is -1.99. The molecule has 3 aromatic heterocycles. The van der Waals surface area contributed by atoms with Gasteiger partial charge in [-0.2, -0.15) is 5.10 Å². The zero-order chi connectivity index (χ0) is 15.3. The molecule has 0 saturated heterocycles. The van der Waals surface area contributed by atoms with Crippen molar-refractivity contribution in [2.45, 2.75) is 0 Å². The Balaban J connectivity index is 1.97. The molecule has 0 aliphatic rings. The van der Waals surface area contributed by atoms with Crippen LogP contribution in [-0.4, -0.2) is 14.6 Å². The van der Waals surface area contributed by atoms with Crippen LogP contribution in [0, 0.1) is 5.82 Å². The zero-order valence-electron chi connectivity index (χ0n) is 11.0. The summed E-state index contributed by atoms with van der Waals surface area (Å²) in [6.45, 7) is 0. The molecule has 0 fully saturated rings. The Morgan fingerprint density at radius 3 is 2.91 bits per heavy atom. The standard InChI is InChI=1S/C15H7ClFN3O2/c16-13-3-4-14-18-11(7-20(14)19-13)10-5-8-1-2-9(17)6-12(8)22-15(10)21/h1-7H. The maximum atomic E-state index is 13.2. The summed E-state index contributed by atoms with van der Waals surface area (Å²) in [5.41, 5.74) is 0.847. The van der Waals surface area contributed by atoms with E-state index in [1.165, 1.54) is 16.6 Å². The Morgan fingerprint density at radius 2 is 2.05 bits per heavy atom. The molecule has 3 heterocycles. The summed E-state index contributed by atoms with van der Waals surface area (Å²) in [5, 5.41) is 4.99. The summed E-state index contributed by atoms with van der Waals surface area (Å²) in [4.78, 5) is 16.4. The lowest BCUT2D eigenvalue weighted by atomic mass is 10.1. The van der Waals surface area contributed by atoms with E-state index >= 15 is 0 Å². The Morgan fingerprint density at radius 1 is 1.18 bits per heavy atom. The molecular weight excluding hydrogens is 309 g/mol. The molecule has 0 aliphatic carbocycles. The Hall–Kier alpha value is -2.73. The fourth-order valence-electron chi connectivity index (χ4n) is 2.25. The fraction of sp³-hybridized carbons (Fsp3) is 0. The Labute approximate surface area is 127 Å². The molecule has 108 valence electrons. The van der Waals surface area contributed by atoms with Gasteiger partial charge in [0.25, 0.3) is 0 Å². The van der Waals surface area contributed by atoms with Crippen molar-refractivity contribution in [3.05, 3.63) is 64.0 Å². The number of rotatable bonds is 1. The van der Waals surface area contributed by atoms with E-state index in [9.17, 15) is 9.18 Å². The molecule has 0 bridgehead atoms. The van der Waals surface area contributed by atoms with Crippen LogP contribution >= 0.6 is 11.6 Å². The van der Waals surface area contributed by atoms with E-state index in [4.69, 9.17) is 16.0 Å². The highest BCUT2D eigenvalue weighted by Crippen LogP contribution is 2.21. The number of halogens is 2. The smallest absolute Gasteiger partial charge is 0.345 e. The maximum Gasteiger partial charge on any atom is 0.345 e. The van der Waals surface area contributed by atoms with Gasteiger partial charge in [0.15, 0.2) is 5.65 Å². The monoisotopic (exact) mass is 315 g/mol. The van der Waals surface area contributed by atoms with Gasteiger partial charge in [0, 0.05) is 11.5 Å². The summed E-state index contributed by atoms with van der Waals surface area (Å²) < 4.78 is 19.8. The average molecular weight is 316 g/mol. The molecule has 4 aromatic rings. The minimum atomic E-state index is -0.590. The summed E-state index contributed by atoms with van der Waals surface area (Å²) in [6.07, 6.45) is 1.59. The number of nitrogens with zero attached hydrogens (tertiary/aromatic N) is 3. The van der Waals surface area contributed by atoms with Gasteiger partial charge in [-0.25, -0.2) is 18.7 Å². The predicted molar refractivity (Wildman–Crippen MR) is 79.4 cm³/mol. The van der Waals surface area contributed by atoms with E-state index < -0.39 is 11.4 Å². The van der Waals surface area contributed by atoms with Crippen molar-refractivity contribution in [1.82, 2.24) is 14.6 Å². The van der Waals surface area contributed by atoms with E-state index in [0.29, 0.717) is 21.9 Å². The van der Waals surface area contributed by atoms with Crippen molar-refractivity contribution in [2.24, 2.45) is 0 Å². The van der Waals surface area contributed by atoms with E-state index in [-0.39, 0.29) is 11.1 Å². The largest absolute Gasteiger partial charge is 0.422 e. The molecule has 0 atom stereocenters. The van der Waals surface area contributed by atoms with Gasteiger partial charge in [-0.05, 0) is 30.3 Å². The third-order valence-corrected chi connectivity index (χ3v) is 3.46. The molecule has 7 heteroatoms. The van der Waals surface area contributed by atoms with Crippen LogP contribution in [0.4, 0.5) is 4.39 Å². The minimum absolute atomic E-state index is 0.193. The normalized spacial score (nSPS) is 11.4. The van der Waals surface area contributed by atoms with Crippen molar-refractivity contribution in [2.75, 3.05) is 0 Å². The first-order valence-electron chi connectivity index (χ1n) is 6.36. The second kappa shape index (κ2) is 4.64. The SMILES string of the molecule is O=c1oc2cc(F)ccc2cc1-c1cn2nc(Cl)ccc2n1. The third-order valence-electron chi connectivity index (χ3n) is 3.26. The van der Waals surface area contributed by atoms with Crippen LogP contribution in [0.5, 0.6) is 0 Å². The average Bonchev–Trinajstić information content (AvgIpc) is 2.89. The number of imidazole rings is 1. The van der Waals surface area contributed by atoms with Crippen molar-refractivity contribution in [1.29, 1.82) is 0 Å². The molecule has 22 heavy (non-hydrogen) atoms. The molecule has 5 nitrogen and oxygen atoms in total. The molecule has 0 saturated carbocycles. The van der Waals surface area contributed by atoms with Crippen molar-refractivity contribution in [3.63, 3.8) is 0 Å². The Kier molecular flexibility index (Phi) is 2.74. The van der Waals surface area contributed by atoms with Crippen LogP contribution in [0.3, 0.4) is 0 Å². The molecular formula is C15H7ClFN3O2. The number of hydrogen-bond acceptors (Lipinski definition) is 4. The highest BCUT2D eigenvalue weighted by Gasteiger charge is 2.12. The molecule has 0 unspecified atom stereocenters. The zero-order valence-corrected chi connectivity index (χ0v) is 11.7. The van der Waals surface area contributed by atoms with E-state index in [2.05, 4.69) is 10.1 Å². The highest BCUT2D eigenvalue weighted by molar-refractivity contribution is 6.29. The minimum Gasteiger partial charge on any atom is -0.422 e. The van der Waals surface area contributed by atoms with Gasteiger partial charge in [0.1, 0.15) is 16.6 Å². The molecule has 0 radical (unpaired) electrons. The molecule has 0 spiro atoms. The summed E-state index contributed by atoms with van der Waals surface area (Å²) in [6, 6.07) is 8.94. The molecule has 0 aliphatic heterocycles. The van der Waals surface area contributed by atoms with Gasteiger partial charge >= 0.3 is 5.63 Å². The van der Waals surface area contributed by atoms with Crippen LogP contribution in [0.25, 0.3) is 27.9 Å². The molecule has 0 amide bonds. The lowest BCUT2D eigenvalue weighted by molar-refractivity contribution is 0.556. The van der Waals surface area contributed by atoms with E-state index in [1.807, 2.05) is 0 Å². The first-order chi connectivity index (χ1) is 10.6. The van der Waals surface area contributed by atoms with Crippen molar-refractivity contribution < 1.29 is 8.81 Å². The quantitative estimate of drug-likeness (QED) is 0.506. The maximum absolute atomic E-state index is 13.2. The number of fused-ring (bicyclic) bond motifs is 2. The van der Waals surface area contributed by atoms with E-state index in [1.54, 1.807) is 30.5 Å². The summed E-state index contributed by atoms with van der Waals surface area (Å²) in [5.74, 6) is -0.463.